The number of fused-ring (bicyclic) bond motifs is 1. The summed E-state index contributed by atoms with van der Waals surface area (Å²) in [6, 6.07) is 14.2. The lowest BCUT2D eigenvalue weighted by Crippen LogP contribution is -2.43. The predicted octanol–water partition coefficient (Wildman–Crippen LogP) is 3.62. The maximum Gasteiger partial charge on any atom is 0.257 e. The summed E-state index contributed by atoms with van der Waals surface area (Å²) in [5, 5.41) is 3.85. The molecule has 4 aromatic rings. The van der Waals surface area contributed by atoms with E-state index in [1.54, 1.807) is 30.7 Å². The van der Waals surface area contributed by atoms with Gasteiger partial charge in [-0.15, -0.1) is 0 Å². The molecule has 1 fully saturated rings. The van der Waals surface area contributed by atoms with E-state index in [4.69, 9.17) is 0 Å². The first-order valence-electron chi connectivity index (χ1n) is 10.8. The predicted molar refractivity (Wildman–Crippen MR) is 126 cm³/mol. The molecule has 0 spiro atoms. The zero-order valence-corrected chi connectivity index (χ0v) is 18.1. The number of H-pyrrole nitrogens is 1. The summed E-state index contributed by atoms with van der Waals surface area (Å²) in [7, 11) is 2.18. The van der Waals surface area contributed by atoms with Crippen molar-refractivity contribution in [3.8, 4) is 11.1 Å². The summed E-state index contributed by atoms with van der Waals surface area (Å²) in [6.45, 7) is 5.37. The molecule has 2 N–H and O–H groups in total. The lowest BCUT2D eigenvalue weighted by Gasteiger charge is -2.32. The van der Waals surface area contributed by atoms with Gasteiger partial charge in [0.2, 0.25) is 0 Å². The highest BCUT2D eigenvalue weighted by Crippen LogP contribution is 2.28. The number of benzene rings is 1. The fourth-order valence-electron chi connectivity index (χ4n) is 4.07. The van der Waals surface area contributed by atoms with Crippen LogP contribution in [0.1, 0.15) is 15.9 Å². The number of hydrogen-bond acceptors (Lipinski definition) is 5. The monoisotopic (exact) mass is 426 g/mol. The maximum atomic E-state index is 12.6. The Bertz CT molecular complexity index is 1230. The van der Waals surface area contributed by atoms with E-state index in [0.717, 1.165) is 54.9 Å². The van der Waals surface area contributed by atoms with Crippen LogP contribution in [-0.2, 0) is 6.54 Å². The number of carbonyl (C=O) groups is 1. The lowest BCUT2D eigenvalue weighted by molar-refractivity contribution is 0.102. The number of hydrogen-bond donors (Lipinski definition) is 2. The third-order valence-electron chi connectivity index (χ3n) is 5.97. The van der Waals surface area contributed by atoms with E-state index >= 15 is 0 Å². The van der Waals surface area contributed by atoms with Crippen LogP contribution in [0, 0.1) is 0 Å². The Kier molecular flexibility index (Phi) is 5.66. The maximum absolute atomic E-state index is 12.6. The first-order valence-corrected chi connectivity index (χ1v) is 10.8. The van der Waals surface area contributed by atoms with Crippen LogP contribution < -0.4 is 5.32 Å². The second-order valence-corrected chi connectivity index (χ2v) is 8.30. The highest BCUT2D eigenvalue weighted by molar-refractivity contribution is 6.08. The number of likely N-dealkylation sites (N-methyl/N-ethyl adjacent to an activating group) is 1. The lowest BCUT2D eigenvalue weighted by atomic mass is 10.0. The topological polar surface area (TPSA) is 77.1 Å². The number of carbonyl (C=O) groups excluding carboxylic acids is 1. The third-order valence-corrected chi connectivity index (χ3v) is 5.97. The highest BCUT2D eigenvalue weighted by atomic mass is 16.1. The molecule has 1 aliphatic heterocycles. The minimum Gasteiger partial charge on any atom is -0.344 e. The Labute approximate surface area is 187 Å². The summed E-state index contributed by atoms with van der Waals surface area (Å²) in [5.41, 5.74) is 5.40. The molecule has 5 rings (SSSR count). The molecule has 3 aromatic heterocycles. The van der Waals surface area contributed by atoms with Gasteiger partial charge in [-0.3, -0.25) is 14.7 Å². The highest BCUT2D eigenvalue weighted by Gasteiger charge is 2.15. The van der Waals surface area contributed by atoms with E-state index in [-0.39, 0.29) is 5.91 Å². The average Bonchev–Trinajstić information content (AvgIpc) is 3.23. The first kappa shape index (κ1) is 20.4. The molecule has 1 amide bonds. The first-order chi connectivity index (χ1) is 15.7. The molecule has 0 saturated carbocycles. The normalized spacial score (nSPS) is 15.2. The van der Waals surface area contributed by atoms with Crippen LogP contribution in [0.4, 0.5) is 5.69 Å². The van der Waals surface area contributed by atoms with Gasteiger partial charge in [-0.25, -0.2) is 4.98 Å². The van der Waals surface area contributed by atoms with E-state index < -0.39 is 0 Å². The standard InChI is InChI=1S/C25H26N6O/c1-30-8-10-31(11-9-30)17-18-4-2-5-19(12-18)21-13-22-23(16-28-24(22)27-15-21)29-25(32)20-6-3-7-26-14-20/h2-7,12-16H,8-11,17H2,1H3,(H,27,28)(H,29,32). The van der Waals surface area contributed by atoms with Crippen LogP contribution in [0.25, 0.3) is 22.2 Å². The van der Waals surface area contributed by atoms with Gasteiger partial charge in [0.05, 0.1) is 11.3 Å². The van der Waals surface area contributed by atoms with Crippen molar-refractivity contribution >= 4 is 22.6 Å². The average molecular weight is 427 g/mol. The largest absolute Gasteiger partial charge is 0.344 e. The van der Waals surface area contributed by atoms with Gasteiger partial charge >= 0.3 is 0 Å². The van der Waals surface area contributed by atoms with Gasteiger partial charge in [0.1, 0.15) is 5.65 Å². The number of pyridine rings is 2. The second-order valence-electron chi connectivity index (χ2n) is 8.30. The fourth-order valence-corrected chi connectivity index (χ4v) is 4.07. The van der Waals surface area contributed by atoms with E-state index in [1.165, 1.54) is 5.56 Å². The van der Waals surface area contributed by atoms with Crippen molar-refractivity contribution in [2.75, 3.05) is 38.5 Å². The Morgan fingerprint density at radius 2 is 1.94 bits per heavy atom. The van der Waals surface area contributed by atoms with Gasteiger partial charge < -0.3 is 15.2 Å². The summed E-state index contributed by atoms with van der Waals surface area (Å²) < 4.78 is 0. The van der Waals surface area contributed by atoms with Crippen molar-refractivity contribution in [1.82, 2.24) is 24.8 Å². The summed E-state index contributed by atoms with van der Waals surface area (Å²) >= 11 is 0. The van der Waals surface area contributed by atoms with Crippen molar-refractivity contribution < 1.29 is 4.79 Å². The van der Waals surface area contributed by atoms with Crippen LogP contribution in [0.5, 0.6) is 0 Å². The molecule has 1 saturated heterocycles. The molecule has 1 aliphatic rings. The molecule has 7 nitrogen and oxygen atoms in total. The molecule has 0 atom stereocenters. The van der Waals surface area contributed by atoms with E-state index in [9.17, 15) is 4.79 Å². The number of aromatic nitrogens is 3. The van der Waals surface area contributed by atoms with Crippen molar-refractivity contribution in [1.29, 1.82) is 0 Å². The Hall–Kier alpha value is -3.55. The molecule has 32 heavy (non-hydrogen) atoms. The van der Waals surface area contributed by atoms with Gasteiger partial charge in [0, 0.05) is 68.5 Å². The van der Waals surface area contributed by atoms with Crippen LogP contribution in [0.2, 0.25) is 0 Å². The van der Waals surface area contributed by atoms with Crippen molar-refractivity contribution in [3.63, 3.8) is 0 Å². The Morgan fingerprint density at radius 1 is 1.06 bits per heavy atom. The number of piperazine rings is 1. The van der Waals surface area contributed by atoms with Gasteiger partial charge in [-0.1, -0.05) is 18.2 Å². The number of aromatic amines is 1. The summed E-state index contributed by atoms with van der Waals surface area (Å²) in [4.78, 5) is 29.2. The van der Waals surface area contributed by atoms with Crippen molar-refractivity contribution in [3.05, 3.63) is 78.4 Å². The van der Waals surface area contributed by atoms with Gasteiger partial charge in [0.25, 0.3) is 5.91 Å². The molecule has 0 radical (unpaired) electrons. The van der Waals surface area contributed by atoms with E-state index in [0.29, 0.717) is 11.3 Å². The number of rotatable bonds is 5. The number of anilines is 1. The molecule has 0 bridgehead atoms. The molecule has 4 heterocycles. The molecule has 162 valence electrons. The quantitative estimate of drug-likeness (QED) is 0.510. The second kappa shape index (κ2) is 8.90. The SMILES string of the molecule is CN1CCN(Cc2cccc(-c3cnc4[nH]cc(NC(=O)c5cccnc5)c4c3)c2)CC1. The Balaban J connectivity index is 1.38. The van der Waals surface area contributed by atoms with Crippen molar-refractivity contribution in [2.24, 2.45) is 0 Å². The minimum absolute atomic E-state index is 0.196. The van der Waals surface area contributed by atoms with Crippen LogP contribution in [0.15, 0.2) is 67.3 Å². The summed E-state index contributed by atoms with van der Waals surface area (Å²) in [5.74, 6) is -0.196. The van der Waals surface area contributed by atoms with Crippen LogP contribution in [-0.4, -0.2) is 63.9 Å². The summed E-state index contributed by atoms with van der Waals surface area (Å²) in [6.07, 6.45) is 6.86. The van der Waals surface area contributed by atoms with E-state index in [2.05, 4.69) is 67.4 Å². The smallest absolute Gasteiger partial charge is 0.257 e. The van der Waals surface area contributed by atoms with E-state index in [1.807, 2.05) is 6.20 Å². The van der Waals surface area contributed by atoms with Gasteiger partial charge in [-0.05, 0) is 42.4 Å². The number of nitrogens with one attached hydrogen (secondary N) is 2. The molecule has 1 aromatic carbocycles. The fraction of sp³-hybridized carbons (Fsp3) is 0.240. The third kappa shape index (κ3) is 4.39. The van der Waals surface area contributed by atoms with Crippen LogP contribution in [0.3, 0.4) is 0 Å². The Morgan fingerprint density at radius 3 is 2.75 bits per heavy atom. The zero-order valence-electron chi connectivity index (χ0n) is 18.1. The molecular weight excluding hydrogens is 400 g/mol. The zero-order chi connectivity index (χ0) is 21.9. The van der Waals surface area contributed by atoms with Crippen molar-refractivity contribution in [2.45, 2.75) is 6.54 Å². The number of amides is 1. The van der Waals surface area contributed by atoms with Gasteiger partial charge in [-0.2, -0.15) is 0 Å². The molecule has 7 heteroatoms. The van der Waals surface area contributed by atoms with Crippen LogP contribution >= 0.6 is 0 Å². The van der Waals surface area contributed by atoms with Gasteiger partial charge in [0.15, 0.2) is 0 Å². The number of nitrogens with zero attached hydrogens (tertiary/aromatic N) is 4. The molecular formula is C25H26N6O. The molecule has 0 aliphatic carbocycles. The molecule has 0 unspecified atom stereocenters. The minimum atomic E-state index is -0.196.